The van der Waals surface area contributed by atoms with Crippen molar-refractivity contribution < 1.29 is 9.53 Å². The minimum absolute atomic E-state index is 0.0904. The number of hydrogen-bond donors (Lipinski definition) is 1. The Morgan fingerprint density at radius 1 is 1.35 bits per heavy atom. The molecule has 1 amide bonds. The standard InChI is InChI=1S/C18H20N2O2S/c1-12-8-10-23-16(12)17-19-15-7-3-2-6-14(15)18(21)20(17)11-13-5-4-9-22-13/h2-3,6-8,10,13,17,19H,4-5,9,11H2,1H3/t13-,17-/m0/s1. The molecule has 3 heterocycles. The monoisotopic (exact) mass is 328 g/mol. The van der Waals surface area contributed by atoms with Crippen LogP contribution in [0, 0.1) is 6.92 Å². The third-order valence-corrected chi connectivity index (χ3v) is 5.67. The van der Waals surface area contributed by atoms with Crippen molar-refractivity contribution >= 4 is 22.9 Å². The van der Waals surface area contributed by atoms with Crippen molar-refractivity contribution in [2.24, 2.45) is 0 Å². The number of aryl methyl sites for hydroxylation is 1. The molecule has 0 spiro atoms. The van der Waals surface area contributed by atoms with Crippen LogP contribution in [0.15, 0.2) is 35.7 Å². The molecule has 1 aromatic carbocycles. The lowest BCUT2D eigenvalue weighted by Crippen LogP contribution is -2.46. The normalized spacial score (nSPS) is 23.7. The zero-order valence-corrected chi connectivity index (χ0v) is 13.9. The molecular weight excluding hydrogens is 308 g/mol. The van der Waals surface area contributed by atoms with Crippen molar-refractivity contribution in [3.8, 4) is 0 Å². The quantitative estimate of drug-likeness (QED) is 0.932. The SMILES string of the molecule is Cc1ccsc1[C@H]1Nc2ccccc2C(=O)N1C[C@@H]1CCCO1. The fraction of sp³-hybridized carbons (Fsp3) is 0.389. The summed E-state index contributed by atoms with van der Waals surface area (Å²) in [7, 11) is 0. The zero-order chi connectivity index (χ0) is 15.8. The molecule has 0 saturated carbocycles. The number of carbonyl (C=O) groups is 1. The van der Waals surface area contributed by atoms with E-state index in [1.807, 2.05) is 29.2 Å². The van der Waals surface area contributed by atoms with Crippen LogP contribution in [0.1, 0.15) is 39.8 Å². The lowest BCUT2D eigenvalue weighted by molar-refractivity contribution is 0.0430. The highest BCUT2D eigenvalue weighted by atomic mass is 32.1. The number of ether oxygens (including phenoxy) is 1. The Kier molecular flexibility index (Phi) is 3.83. The van der Waals surface area contributed by atoms with Crippen LogP contribution in [0.25, 0.3) is 0 Å². The second-order valence-corrected chi connectivity index (χ2v) is 7.10. The fourth-order valence-corrected chi connectivity index (χ4v) is 4.35. The van der Waals surface area contributed by atoms with Crippen molar-refractivity contribution in [1.29, 1.82) is 0 Å². The van der Waals surface area contributed by atoms with Gasteiger partial charge in [0.25, 0.3) is 5.91 Å². The molecule has 1 fully saturated rings. The third-order valence-electron chi connectivity index (χ3n) is 4.60. The molecule has 2 aromatic rings. The summed E-state index contributed by atoms with van der Waals surface area (Å²) in [5.41, 5.74) is 2.88. The molecule has 4 rings (SSSR count). The second-order valence-electron chi connectivity index (χ2n) is 6.15. The highest BCUT2D eigenvalue weighted by molar-refractivity contribution is 7.10. The number of fused-ring (bicyclic) bond motifs is 1. The Hall–Kier alpha value is -1.85. The van der Waals surface area contributed by atoms with Gasteiger partial charge in [0, 0.05) is 18.8 Å². The molecule has 1 saturated heterocycles. The largest absolute Gasteiger partial charge is 0.376 e. The van der Waals surface area contributed by atoms with Crippen molar-refractivity contribution in [3.63, 3.8) is 0 Å². The minimum atomic E-state index is -0.110. The summed E-state index contributed by atoms with van der Waals surface area (Å²) in [5, 5.41) is 5.64. The number of carbonyl (C=O) groups excluding carboxylic acids is 1. The molecule has 4 nitrogen and oxygen atoms in total. The van der Waals surface area contributed by atoms with Crippen molar-refractivity contribution in [1.82, 2.24) is 4.90 Å². The van der Waals surface area contributed by atoms with Gasteiger partial charge in [0.1, 0.15) is 6.17 Å². The van der Waals surface area contributed by atoms with E-state index in [0.717, 1.165) is 30.7 Å². The summed E-state index contributed by atoms with van der Waals surface area (Å²) in [4.78, 5) is 16.2. The fourth-order valence-electron chi connectivity index (χ4n) is 3.36. The zero-order valence-electron chi connectivity index (χ0n) is 13.1. The van der Waals surface area contributed by atoms with Gasteiger partial charge in [0.05, 0.1) is 16.5 Å². The highest BCUT2D eigenvalue weighted by Crippen LogP contribution is 2.37. The van der Waals surface area contributed by atoms with E-state index in [-0.39, 0.29) is 18.2 Å². The van der Waals surface area contributed by atoms with Gasteiger partial charge in [-0.15, -0.1) is 11.3 Å². The van der Waals surface area contributed by atoms with Gasteiger partial charge in [0.2, 0.25) is 0 Å². The van der Waals surface area contributed by atoms with Crippen LogP contribution in [0.2, 0.25) is 0 Å². The van der Waals surface area contributed by atoms with Crippen LogP contribution >= 0.6 is 11.3 Å². The molecule has 1 aromatic heterocycles. The van der Waals surface area contributed by atoms with Crippen LogP contribution in [-0.2, 0) is 4.74 Å². The number of anilines is 1. The molecule has 0 radical (unpaired) electrons. The first-order valence-electron chi connectivity index (χ1n) is 8.06. The topological polar surface area (TPSA) is 41.6 Å². The van der Waals surface area contributed by atoms with Gasteiger partial charge in [0.15, 0.2) is 0 Å². The van der Waals surface area contributed by atoms with Crippen molar-refractivity contribution in [2.75, 3.05) is 18.5 Å². The van der Waals surface area contributed by atoms with Gasteiger partial charge in [-0.2, -0.15) is 0 Å². The Morgan fingerprint density at radius 2 is 2.22 bits per heavy atom. The highest BCUT2D eigenvalue weighted by Gasteiger charge is 2.36. The summed E-state index contributed by atoms with van der Waals surface area (Å²) in [6.45, 7) is 3.55. The Labute approximate surface area is 140 Å². The predicted molar refractivity (Wildman–Crippen MR) is 91.9 cm³/mol. The second kappa shape index (κ2) is 5.98. The van der Waals surface area contributed by atoms with Crippen molar-refractivity contribution in [2.45, 2.75) is 32.0 Å². The van der Waals surface area contributed by atoms with Gasteiger partial charge >= 0.3 is 0 Å². The molecule has 120 valence electrons. The molecule has 1 N–H and O–H groups in total. The van der Waals surface area contributed by atoms with E-state index in [0.29, 0.717) is 6.54 Å². The molecule has 23 heavy (non-hydrogen) atoms. The Balaban J connectivity index is 1.72. The molecule has 2 atom stereocenters. The van der Waals surface area contributed by atoms with Gasteiger partial charge < -0.3 is 15.0 Å². The smallest absolute Gasteiger partial charge is 0.257 e. The summed E-state index contributed by atoms with van der Waals surface area (Å²) in [6.07, 6.45) is 2.15. The molecule has 0 unspecified atom stereocenters. The van der Waals surface area contributed by atoms with E-state index < -0.39 is 0 Å². The molecule has 0 aliphatic carbocycles. The lowest BCUT2D eigenvalue weighted by atomic mass is 10.0. The van der Waals surface area contributed by atoms with Crippen LogP contribution in [0.4, 0.5) is 5.69 Å². The number of thiophene rings is 1. The summed E-state index contributed by atoms with van der Waals surface area (Å²) < 4.78 is 5.77. The van der Waals surface area contributed by atoms with E-state index in [9.17, 15) is 4.79 Å². The maximum absolute atomic E-state index is 13.1. The molecule has 0 bridgehead atoms. The molecular formula is C18H20N2O2S. The summed E-state index contributed by atoms with van der Waals surface area (Å²) >= 11 is 1.70. The lowest BCUT2D eigenvalue weighted by Gasteiger charge is -2.39. The number of rotatable bonds is 3. The van der Waals surface area contributed by atoms with Gasteiger partial charge in [-0.05, 0) is 48.9 Å². The average Bonchev–Trinajstić information content (AvgIpc) is 3.22. The van der Waals surface area contributed by atoms with Crippen LogP contribution < -0.4 is 5.32 Å². The van der Waals surface area contributed by atoms with Gasteiger partial charge in [-0.1, -0.05) is 12.1 Å². The number of para-hydroxylation sites is 1. The third kappa shape index (κ3) is 2.64. The number of amides is 1. The molecule has 2 aliphatic rings. The van der Waals surface area contributed by atoms with Crippen molar-refractivity contribution in [3.05, 3.63) is 51.7 Å². The van der Waals surface area contributed by atoms with E-state index >= 15 is 0 Å². The summed E-state index contributed by atoms with van der Waals surface area (Å²) in [5.74, 6) is 0.0904. The summed E-state index contributed by atoms with van der Waals surface area (Å²) in [6, 6.07) is 9.86. The molecule has 5 heteroatoms. The maximum atomic E-state index is 13.1. The minimum Gasteiger partial charge on any atom is -0.376 e. The number of nitrogens with one attached hydrogen (secondary N) is 1. The number of nitrogens with zero attached hydrogens (tertiary/aromatic N) is 1. The first-order chi connectivity index (χ1) is 11.2. The van der Waals surface area contributed by atoms with E-state index in [4.69, 9.17) is 4.74 Å². The Morgan fingerprint density at radius 3 is 2.96 bits per heavy atom. The predicted octanol–water partition coefficient (Wildman–Crippen LogP) is 3.80. The first kappa shape index (κ1) is 14.7. The molecule has 2 aliphatic heterocycles. The van der Waals surface area contributed by atoms with Gasteiger partial charge in [-0.25, -0.2) is 0 Å². The van der Waals surface area contributed by atoms with Crippen LogP contribution in [-0.4, -0.2) is 30.1 Å². The first-order valence-corrected chi connectivity index (χ1v) is 8.94. The van der Waals surface area contributed by atoms with E-state index in [2.05, 4.69) is 23.7 Å². The van der Waals surface area contributed by atoms with E-state index in [1.165, 1.54) is 10.4 Å². The Bertz CT molecular complexity index is 721. The average molecular weight is 328 g/mol. The van der Waals surface area contributed by atoms with Gasteiger partial charge in [-0.3, -0.25) is 4.79 Å². The maximum Gasteiger partial charge on any atom is 0.257 e. The van der Waals surface area contributed by atoms with Crippen LogP contribution in [0.5, 0.6) is 0 Å². The number of benzene rings is 1. The van der Waals surface area contributed by atoms with Crippen LogP contribution in [0.3, 0.4) is 0 Å². The van der Waals surface area contributed by atoms with E-state index in [1.54, 1.807) is 11.3 Å². The number of hydrogen-bond acceptors (Lipinski definition) is 4.